The van der Waals surface area contributed by atoms with Gasteiger partial charge in [-0.25, -0.2) is 14.5 Å². The van der Waals surface area contributed by atoms with Crippen molar-refractivity contribution in [1.82, 2.24) is 25.0 Å². The molecular formula is C23H21ClN6O3S. The second-order valence-corrected chi connectivity index (χ2v) is 8.89. The van der Waals surface area contributed by atoms with Gasteiger partial charge < -0.3 is 10.1 Å². The molecule has 0 saturated heterocycles. The van der Waals surface area contributed by atoms with E-state index >= 15 is 0 Å². The predicted molar refractivity (Wildman–Crippen MR) is 129 cm³/mol. The van der Waals surface area contributed by atoms with Crippen molar-refractivity contribution in [2.24, 2.45) is 0 Å². The zero-order chi connectivity index (χ0) is 24.2. The molecule has 0 bridgehead atoms. The Bertz CT molecular complexity index is 1350. The lowest BCUT2D eigenvalue weighted by Crippen LogP contribution is -2.11. The fourth-order valence-corrected chi connectivity index (χ4v) is 3.99. The number of esters is 1. The standard InChI is InChI=1S/C23H21ClN6O3S/c1-4-15-5-7-16(8-6-15)25-21(31)22-28-27-19(34-22)12-33-23(32)20-17(24)9-10-18(26-20)30-14(3)11-13(2)29-30/h5-11H,4,12H2,1-3H3,(H,25,31). The summed E-state index contributed by atoms with van der Waals surface area (Å²) in [7, 11) is 0. The molecule has 0 radical (unpaired) electrons. The number of benzene rings is 1. The van der Waals surface area contributed by atoms with Crippen molar-refractivity contribution in [2.45, 2.75) is 33.8 Å². The molecule has 4 rings (SSSR count). The van der Waals surface area contributed by atoms with Gasteiger partial charge in [0.05, 0.1) is 10.7 Å². The predicted octanol–water partition coefficient (Wildman–Crippen LogP) is 4.56. The number of amides is 1. The van der Waals surface area contributed by atoms with Crippen molar-refractivity contribution < 1.29 is 14.3 Å². The fourth-order valence-electron chi connectivity index (χ4n) is 3.16. The Balaban J connectivity index is 1.40. The first-order valence-electron chi connectivity index (χ1n) is 10.4. The number of aryl methyl sites for hydroxylation is 3. The third kappa shape index (κ3) is 5.29. The molecule has 0 unspecified atom stereocenters. The molecule has 0 aliphatic heterocycles. The Hall–Kier alpha value is -3.63. The van der Waals surface area contributed by atoms with Crippen LogP contribution in [-0.2, 0) is 17.8 Å². The zero-order valence-electron chi connectivity index (χ0n) is 18.7. The molecule has 174 valence electrons. The first kappa shape index (κ1) is 23.5. The average molecular weight is 497 g/mol. The largest absolute Gasteiger partial charge is 0.453 e. The van der Waals surface area contributed by atoms with Crippen molar-refractivity contribution in [2.75, 3.05) is 5.32 Å². The molecule has 9 nitrogen and oxygen atoms in total. The molecule has 1 aromatic carbocycles. The van der Waals surface area contributed by atoms with Crippen molar-refractivity contribution in [1.29, 1.82) is 0 Å². The van der Waals surface area contributed by atoms with Gasteiger partial charge in [-0.1, -0.05) is 42.0 Å². The number of anilines is 1. The summed E-state index contributed by atoms with van der Waals surface area (Å²) in [6.07, 6.45) is 0.917. The summed E-state index contributed by atoms with van der Waals surface area (Å²) in [6.45, 7) is 5.65. The van der Waals surface area contributed by atoms with E-state index in [9.17, 15) is 9.59 Å². The van der Waals surface area contributed by atoms with Gasteiger partial charge in [-0.05, 0) is 56.2 Å². The van der Waals surface area contributed by atoms with E-state index in [0.717, 1.165) is 29.1 Å². The lowest BCUT2D eigenvalue weighted by Gasteiger charge is -2.08. The molecule has 4 aromatic rings. The summed E-state index contributed by atoms with van der Waals surface area (Å²) in [6, 6.07) is 12.7. The first-order valence-corrected chi connectivity index (χ1v) is 11.6. The number of halogens is 1. The minimum Gasteiger partial charge on any atom is -0.453 e. The third-order valence-corrected chi connectivity index (χ3v) is 6.06. The van der Waals surface area contributed by atoms with E-state index in [1.807, 2.05) is 44.2 Å². The van der Waals surface area contributed by atoms with E-state index in [0.29, 0.717) is 16.5 Å². The molecule has 3 aromatic heterocycles. The summed E-state index contributed by atoms with van der Waals surface area (Å²) >= 11 is 7.21. The Labute approximate surface area is 204 Å². The lowest BCUT2D eigenvalue weighted by atomic mass is 10.1. The van der Waals surface area contributed by atoms with Gasteiger partial charge in [0.2, 0.25) is 5.01 Å². The van der Waals surface area contributed by atoms with Crippen molar-refractivity contribution in [3.8, 4) is 5.82 Å². The number of hydrogen-bond acceptors (Lipinski definition) is 8. The summed E-state index contributed by atoms with van der Waals surface area (Å²) in [5, 5.41) is 15.7. The highest BCUT2D eigenvalue weighted by Gasteiger charge is 2.19. The van der Waals surface area contributed by atoms with Crippen LogP contribution in [0.2, 0.25) is 5.02 Å². The summed E-state index contributed by atoms with van der Waals surface area (Å²) < 4.78 is 6.94. The summed E-state index contributed by atoms with van der Waals surface area (Å²) in [5.41, 5.74) is 3.49. The van der Waals surface area contributed by atoms with Crippen LogP contribution in [-0.4, -0.2) is 36.8 Å². The Morgan fingerprint density at radius 2 is 1.88 bits per heavy atom. The minimum atomic E-state index is -0.717. The van der Waals surface area contributed by atoms with Crippen LogP contribution >= 0.6 is 22.9 Å². The normalized spacial score (nSPS) is 10.8. The maximum Gasteiger partial charge on any atom is 0.359 e. The molecule has 0 fully saturated rings. The number of nitrogens with one attached hydrogen (secondary N) is 1. The van der Waals surface area contributed by atoms with Gasteiger partial charge in [0.25, 0.3) is 5.91 Å². The van der Waals surface area contributed by atoms with E-state index in [1.165, 1.54) is 5.56 Å². The molecular weight excluding hydrogens is 476 g/mol. The number of ether oxygens (including phenoxy) is 1. The quantitative estimate of drug-likeness (QED) is 0.373. The highest BCUT2D eigenvalue weighted by Crippen LogP contribution is 2.20. The molecule has 34 heavy (non-hydrogen) atoms. The first-order chi connectivity index (χ1) is 16.3. The van der Waals surface area contributed by atoms with Gasteiger partial charge in [0.15, 0.2) is 16.5 Å². The van der Waals surface area contributed by atoms with Gasteiger partial charge >= 0.3 is 5.97 Å². The van der Waals surface area contributed by atoms with Crippen molar-refractivity contribution >= 4 is 40.5 Å². The highest BCUT2D eigenvalue weighted by atomic mass is 35.5. The van der Waals surface area contributed by atoms with Gasteiger partial charge in [0.1, 0.15) is 6.61 Å². The number of carbonyl (C=O) groups excluding carboxylic acids is 2. The molecule has 1 N–H and O–H groups in total. The van der Waals surface area contributed by atoms with Gasteiger partial charge in [-0.3, -0.25) is 4.79 Å². The zero-order valence-corrected chi connectivity index (χ0v) is 20.3. The van der Waals surface area contributed by atoms with Gasteiger partial charge in [-0.2, -0.15) is 5.10 Å². The van der Waals surface area contributed by atoms with Crippen LogP contribution in [0.3, 0.4) is 0 Å². The van der Waals surface area contributed by atoms with Crippen LogP contribution in [0.4, 0.5) is 5.69 Å². The summed E-state index contributed by atoms with van der Waals surface area (Å²) in [5.74, 6) is -0.656. The van der Waals surface area contributed by atoms with Crippen LogP contribution in [0.1, 0.15) is 49.2 Å². The maximum atomic E-state index is 12.6. The lowest BCUT2D eigenvalue weighted by molar-refractivity contribution is 0.0464. The smallest absolute Gasteiger partial charge is 0.359 e. The number of nitrogens with zero attached hydrogens (tertiary/aromatic N) is 5. The summed E-state index contributed by atoms with van der Waals surface area (Å²) in [4.78, 5) is 29.4. The van der Waals surface area contributed by atoms with Gasteiger partial charge in [-0.15, -0.1) is 10.2 Å². The molecule has 0 spiro atoms. The monoisotopic (exact) mass is 496 g/mol. The van der Waals surface area contributed by atoms with Crippen molar-refractivity contribution in [3.05, 3.63) is 80.1 Å². The number of hydrogen-bond donors (Lipinski definition) is 1. The number of pyridine rings is 1. The molecule has 0 atom stereocenters. The molecule has 0 saturated carbocycles. The van der Waals surface area contributed by atoms with E-state index in [-0.39, 0.29) is 28.2 Å². The van der Waals surface area contributed by atoms with Crippen LogP contribution in [0.25, 0.3) is 5.82 Å². The van der Waals surface area contributed by atoms with E-state index in [2.05, 4.69) is 32.5 Å². The maximum absolute atomic E-state index is 12.6. The molecule has 0 aliphatic rings. The molecule has 11 heteroatoms. The highest BCUT2D eigenvalue weighted by molar-refractivity contribution is 7.13. The number of carbonyl (C=O) groups is 2. The third-order valence-electron chi connectivity index (χ3n) is 4.86. The van der Waals surface area contributed by atoms with Crippen LogP contribution in [0.15, 0.2) is 42.5 Å². The van der Waals surface area contributed by atoms with E-state index in [4.69, 9.17) is 16.3 Å². The van der Waals surface area contributed by atoms with Crippen LogP contribution in [0, 0.1) is 13.8 Å². The fraction of sp³-hybridized carbons (Fsp3) is 0.217. The second kappa shape index (κ2) is 10.1. The topological polar surface area (TPSA) is 112 Å². The van der Waals surface area contributed by atoms with E-state index < -0.39 is 5.97 Å². The van der Waals surface area contributed by atoms with Crippen LogP contribution in [0.5, 0.6) is 0 Å². The van der Waals surface area contributed by atoms with Crippen molar-refractivity contribution in [3.63, 3.8) is 0 Å². The Morgan fingerprint density at radius 3 is 2.56 bits per heavy atom. The Morgan fingerprint density at radius 1 is 1.12 bits per heavy atom. The molecule has 3 heterocycles. The average Bonchev–Trinajstić information content (AvgIpc) is 3.44. The number of rotatable bonds is 7. The second-order valence-electron chi connectivity index (χ2n) is 7.42. The Kier molecular flexibility index (Phi) is 6.99. The molecule has 0 aliphatic carbocycles. The van der Waals surface area contributed by atoms with Gasteiger partial charge in [0, 0.05) is 11.4 Å². The minimum absolute atomic E-state index is 0.0373. The van der Waals surface area contributed by atoms with Crippen LogP contribution < -0.4 is 5.32 Å². The van der Waals surface area contributed by atoms with E-state index in [1.54, 1.807) is 16.8 Å². The SMILES string of the molecule is CCc1ccc(NC(=O)c2nnc(COC(=O)c3nc(-n4nc(C)cc4C)ccc3Cl)s2)cc1. The molecule has 1 amide bonds. The number of aromatic nitrogens is 5.